The molecule has 0 aliphatic heterocycles. The first kappa shape index (κ1) is 39.9. The van der Waals surface area contributed by atoms with Gasteiger partial charge in [0, 0.05) is 17.2 Å². The molecule has 4 aliphatic carbocycles. The molecule has 2 nitrogen and oxygen atoms in total. The third-order valence-electron chi connectivity index (χ3n) is 12.2. The summed E-state index contributed by atoms with van der Waals surface area (Å²) in [6, 6.07) is 4.20. The molecule has 2 saturated carbocycles. The summed E-state index contributed by atoms with van der Waals surface area (Å²) in [6.07, 6.45) is -1.95. The largest absolute Gasteiger partial charge is 0.454 e. The molecule has 0 aromatic heterocycles. The van der Waals surface area contributed by atoms with Gasteiger partial charge in [0.15, 0.2) is 23.2 Å². The summed E-state index contributed by atoms with van der Waals surface area (Å²) >= 11 is 0. The molecule has 0 radical (unpaired) electrons. The van der Waals surface area contributed by atoms with E-state index >= 15 is 30.7 Å². The van der Waals surface area contributed by atoms with Crippen LogP contribution in [0.2, 0.25) is 0 Å². The van der Waals surface area contributed by atoms with Gasteiger partial charge in [0.05, 0.1) is 0 Å². The fraction of sp³-hybridized carbons (Fsp3) is 0.349. The van der Waals surface area contributed by atoms with Gasteiger partial charge in [-0.05, 0) is 109 Å². The molecule has 0 saturated heterocycles. The number of halogens is 13. The van der Waals surface area contributed by atoms with Crippen molar-refractivity contribution < 1.29 is 66.5 Å². The van der Waals surface area contributed by atoms with Crippen molar-refractivity contribution in [3.63, 3.8) is 0 Å². The zero-order chi connectivity index (χ0) is 41.5. The Kier molecular flexibility index (Phi) is 9.90. The van der Waals surface area contributed by atoms with Crippen LogP contribution in [0.3, 0.4) is 0 Å². The zero-order valence-corrected chi connectivity index (χ0v) is 29.9. The Morgan fingerprint density at radius 2 is 0.914 bits per heavy atom. The maximum atomic E-state index is 15.1. The number of allylic oxidation sites excluding steroid dienone is 4. The first-order chi connectivity index (χ1) is 27.4. The second-order valence-electron chi connectivity index (χ2n) is 15.5. The third kappa shape index (κ3) is 6.61. The standard InChI is InChI=1S/C43H31F13O2/c44-32-19-33(37(48)34(45)30(32)17-24-15-20-1-3-22(24)13-20)57-28-9-5-26(6-10-28)41(42(51,52)53,43(54,55)56)27-7-11-29(12-8-27)58-40-38(49)35(46)31(36(47)39(40)50)18-25-16-21-2-4-23(25)14-21/h1-12,19-25H,13-18H2. The Morgan fingerprint density at radius 3 is 1.33 bits per heavy atom. The van der Waals surface area contributed by atoms with E-state index in [1.165, 1.54) is 0 Å². The molecule has 0 amide bonds. The Balaban J connectivity index is 1.05. The predicted molar refractivity (Wildman–Crippen MR) is 184 cm³/mol. The summed E-state index contributed by atoms with van der Waals surface area (Å²) in [5.74, 6) is -15.3. The Hall–Kier alpha value is -4.95. The van der Waals surface area contributed by atoms with Crippen molar-refractivity contribution in [1.29, 1.82) is 0 Å². The molecule has 2 fully saturated rings. The van der Waals surface area contributed by atoms with Crippen molar-refractivity contribution in [1.82, 2.24) is 0 Å². The fourth-order valence-corrected chi connectivity index (χ4v) is 9.35. The van der Waals surface area contributed by atoms with Crippen LogP contribution in [-0.4, -0.2) is 12.4 Å². The Bertz CT molecular complexity index is 2250. The van der Waals surface area contributed by atoms with Gasteiger partial charge >= 0.3 is 12.4 Å². The number of ether oxygens (including phenoxy) is 2. The normalized spacial score (nSPS) is 23.7. The lowest BCUT2D eigenvalue weighted by atomic mass is 9.73. The number of rotatable bonds is 10. The van der Waals surface area contributed by atoms with Gasteiger partial charge in [0.25, 0.3) is 0 Å². The lowest BCUT2D eigenvalue weighted by Gasteiger charge is -2.38. The van der Waals surface area contributed by atoms with Crippen LogP contribution >= 0.6 is 0 Å². The van der Waals surface area contributed by atoms with Crippen LogP contribution in [0.5, 0.6) is 23.0 Å². The highest BCUT2D eigenvalue weighted by molar-refractivity contribution is 5.49. The molecule has 58 heavy (non-hydrogen) atoms. The highest BCUT2D eigenvalue weighted by atomic mass is 19.4. The molecule has 4 aromatic rings. The predicted octanol–water partition coefficient (Wildman–Crippen LogP) is 13.2. The molecule has 0 N–H and O–H groups in total. The maximum Gasteiger partial charge on any atom is 0.411 e. The number of hydrogen-bond acceptors (Lipinski definition) is 2. The maximum absolute atomic E-state index is 15.1. The van der Waals surface area contributed by atoms with E-state index in [0.717, 1.165) is 12.8 Å². The molecule has 0 spiro atoms. The van der Waals surface area contributed by atoms with E-state index in [0.29, 0.717) is 67.4 Å². The van der Waals surface area contributed by atoms with E-state index in [9.17, 15) is 26.3 Å². The summed E-state index contributed by atoms with van der Waals surface area (Å²) in [6.45, 7) is 0. The van der Waals surface area contributed by atoms with Gasteiger partial charge in [-0.15, -0.1) is 0 Å². The summed E-state index contributed by atoms with van der Waals surface area (Å²) in [5.41, 5.74) is -8.97. The van der Waals surface area contributed by atoms with E-state index in [1.807, 2.05) is 24.3 Å². The number of benzene rings is 4. The average Bonchev–Trinajstić information content (AvgIpc) is 3.99. The minimum absolute atomic E-state index is 0.0142. The summed E-state index contributed by atoms with van der Waals surface area (Å²) in [4.78, 5) is 0. The van der Waals surface area contributed by atoms with Crippen molar-refractivity contribution >= 4 is 0 Å². The van der Waals surface area contributed by atoms with Crippen molar-refractivity contribution in [2.45, 2.75) is 56.3 Å². The fourth-order valence-electron chi connectivity index (χ4n) is 9.35. The highest BCUT2D eigenvalue weighted by Crippen LogP contribution is 2.57. The summed E-state index contributed by atoms with van der Waals surface area (Å²) < 4.78 is 205. The van der Waals surface area contributed by atoms with E-state index < -0.39 is 104 Å². The summed E-state index contributed by atoms with van der Waals surface area (Å²) in [7, 11) is 0. The van der Waals surface area contributed by atoms with Crippen LogP contribution in [-0.2, 0) is 18.3 Å². The lowest BCUT2D eigenvalue weighted by molar-refractivity contribution is -0.288. The number of fused-ring (bicyclic) bond motifs is 4. The van der Waals surface area contributed by atoms with Crippen molar-refractivity contribution in [2.75, 3.05) is 0 Å². The number of hydrogen-bond donors (Lipinski definition) is 0. The first-order valence-corrected chi connectivity index (χ1v) is 18.4. The second kappa shape index (κ2) is 14.4. The minimum Gasteiger partial charge on any atom is -0.454 e. The molecule has 8 rings (SSSR count). The zero-order valence-electron chi connectivity index (χ0n) is 29.9. The molecule has 6 atom stereocenters. The molecule has 0 heterocycles. The molecule has 15 heteroatoms. The van der Waals surface area contributed by atoms with Gasteiger partial charge in [-0.3, -0.25) is 0 Å². The van der Waals surface area contributed by atoms with Gasteiger partial charge in [-0.2, -0.15) is 39.5 Å². The van der Waals surface area contributed by atoms with Crippen LogP contribution in [0.4, 0.5) is 57.1 Å². The second-order valence-corrected chi connectivity index (χ2v) is 15.5. The third-order valence-corrected chi connectivity index (χ3v) is 12.2. The topological polar surface area (TPSA) is 18.5 Å². The SMILES string of the molecule is Fc1cc(Oc2ccc(C(c3ccc(Oc4c(F)c(F)c(CC5CC6C=CC5C6)c(F)c4F)cc3)(C(F)(F)F)C(F)(F)F)cc2)c(F)c(F)c1CC1CC2C=CC1C2. The molecule has 6 unspecified atom stereocenters. The quantitative estimate of drug-likeness (QED) is 0.0901. The van der Waals surface area contributed by atoms with Crippen molar-refractivity contribution in [3.05, 3.63) is 142 Å². The van der Waals surface area contributed by atoms with Crippen LogP contribution in [0.25, 0.3) is 0 Å². The molecular weight excluding hydrogens is 795 g/mol. The molecule has 4 bridgehead atoms. The molecular formula is C43H31F13O2. The molecule has 306 valence electrons. The van der Waals surface area contributed by atoms with Crippen molar-refractivity contribution in [2.24, 2.45) is 35.5 Å². The van der Waals surface area contributed by atoms with Crippen LogP contribution in [0.15, 0.2) is 78.9 Å². The first-order valence-electron chi connectivity index (χ1n) is 18.4. The van der Waals surface area contributed by atoms with Crippen molar-refractivity contribution in [3.8, 4) is 23.0 Å². The monoisotopic (exact) mass is 826 g/mol. The number of alkyl halides is 6. The minimum atomic E-state index is -6.10. The van der Waals surface area contributed by atoms with Gasteiger partial charge in [-0.1, -0.05) is 48.6 Å². The molecule has 4 aliphatic rings. The van der Waals surface area contributed by atoms with Gasteiger partial charge in [-0.25, -0.2) is 17.6 Å². The highest BCUT2D eigenvalue weighted by Gasteiger charge is 2.72. The van der Waals surface area contributed by atoms with E-state index in [1.54, 1.807) is 0 Å². The van der Waals surface area contributed by atoms with E-state index in [4.69, 9.17) is 9.47 Å². The van der Waals surface area contributed by atoms with Crippen LogP contribution < -0.4 is 9.47 Å². The van der Waals surface area contributed by atoms with Gasteiger partial charge in [0.2, 0.25) is 28.6 Å². The van der Waals surface area contributed by atoms with Crippen LogP contribution in [0.1, 0.15) is 47.9 Å². The summed E-state index contributed by atoms with van der Waals surface area (Å²) in [5, 5.41) is 0. The molecule has 4 aromatic carbocycles. The van der Waals surface area contributed by atoms with E-state index in [-0.39, 0.29) is 48.3 Å². The van der Waals surface area contributed by atoms with Gasteiger partial charge in [0.1, 0.15) is 17.3 Å². The van der Waals surface area contributed by atoms with Crippen LogP contribution in [0, 0.1) is 76.2 Å². The Labute approximate surface area is 323 Å². The van der Waals surface area contributed by atoms with Gasteiger partial charge < -0.3 is 9.47 Å². The lowest BCUT2D eigenvalue weighted by Crippen LogP contribution is -2.54. The van der Waals surface area contributed by atoms with E-state index in [2.05, 4.69) is 0 Å². The average molecular weight is 827 g/mol. The smallest absolute Gasteiger partial charge is 0.411 e. The Morgan fingerprint density at radius 1 is 0.483 bits per heavy atom.